The molecule has 3 rings (SSSR count). The molecule has 0 saturated heterocycles. The molecule has 0 radical (unpaired) electrons. The molecule has 2 N–H and O–H groups in total. The zero-order valence-electron chi connectivity index (χ0n) is 15.7. The van der Waals surface area contributed by atoms with Gasteiger partial charge in [0.25, 0.3) is 0 Å². The molecule has 0 bridgehead atoms. The van der Waals surface area contributed by atoms with Crippen molar-refractivity contribution in [1.29, 1.82) is 0 Å². The third-order valence-electron chi connectivity index (χ3n) is 3.95. The molecule has 10 heteroatoms. The number of nitrogens with one attached hydrogen (secondary N) is 2. The number of rotatable bonds is 7. The van der Waals surface area contributed by atoms with Crippen LogP contribution in [-0.2, 0) is 9.59 Å². The Morgan fingerprint density at radius 3 is 2.62 bits per heavy atom. The van der Waals surface area contributed by atoms with Crippen molar-refractivity contribution >= 4 is 34.1 Å². The highest BCUT2D eigenvalue weighted by atomic mass is 32.1. The minimum Gasteiger partial charge on any atom is -0.486 e. The summed E-state index contributed by atoms with van der Waals surface area (Å²) < 4.78 is 5.08. The summed E-state index contributed by atoms with van der Waals surface area (Å²) in [6.45, 7) is 5.16. The number of carbonyl (C=O) groups excluding carboxylic acids is 2. The highest BCUT2D eigenvalue weighted by Crippen LogP contribution is 2.27. The van der Waals surface area contributed by atoms with Crippen LogP contribution in [-0.4, -0.2) is 38.9 Å². The smallest absolute Gasteiger partial charge is 0.248 e. The van der Waals surface area contributed by atoms with E-state index in [4.69, 9.17) is 4.74 Å². The molecule has 0 saturated carbocycles. The summed E-state index contributed by atoms with van der Waals surface area (Å²) in [5.74, 6) is -0.728. The molecule has 2 amide bonds. The third-order valence-corrected chi connectivity index (χ3v) is 4.83. The fourth-order valence-corrected chi connectivity index (χ4v) is 2.97. The Hall–Kier alpha value is -3.66. The summed E-state index contributed by atoms with van der Waals surface area (Å²) in [6, 6.07) is 1.83. The van der Waals surface area contributed by atoms with Crippen LogP contribution in [0.1, 0.15) is 18.4 Å². The average molecular weight is 410 g/mol. The predicted molar refractivity (Wildman–Crippen MR) is 110 cm³/mol. The average Bonchev–Trinajstić information content (AvgIpc) is 3.21. The first-order valence-electron chi connectivity index (χ1n) is 8.51. The second kappa shape index (κ2) is 9.02. The van der Waals surface area contributed by atoms with E-state index in [1.165, 1.54) is 23.7 Å². The molecular weight excluding hydrogens is 392 g/mol. The second-order valence-electron chi connectivity index (χ2n) is 5.89. The van der Waals surface area contributed by atoms with Gasteiger partial charge in [0, 0.05) is 18.0 Å². The number of aromatic nitrogens is 4. The minimum atomic E-state index is -0.462. The van der Waals surface area contributed by atoms with Gasteiger partial charge in [0.15, 0.2) is 16.0 Å². The van der Waals surface area contributed by atoms with Crippen LogP contribution in [0, 0.1) is 0 Å². The Labute approximate surface area is 170 Å². The lowest BCUT2D eigenvalue weighted by Crippen LogP contribution is -2.18. The summed E-state index contributed by atoms with van der Waals surface area (Å²) in [7, 11) is 1.54. The molecule has 1 atom stereocenters. The van der Waals surface area contributed by atoms with E-state index in [-0.39, 0.29) is 11.8 Å². The maximum atomic E-state index is 12.5. The SMILES string of the molecule is C=CC(=O)Nc1cnc(-c2cncc(C(C)C(=O)Nc3ncc(OC)s3)c2)cn1. The van der Waals surface area contributed by atoms with E-state index in [2.05, 4.69) is 37.1 Å². The second-order valence-corrected chi connectivity index (χ2v) is 6.88. The number of amides is 2. The number of hydrogen-bond acceptors (Lipinski definition) is 8. The first kappa shape index (κ1) is 20.1. The van der Waals surface area contributed by atoms with Gasteiger partial charge in [0.1, 0.15) is 0 Å². The molecular formula is C19H18N6O3S. The van der Waals surface area contributed by atoms with Crippen LogP contribution in [0.3, 0.4) is 0 Å². The van der Waals surface area contributed by atoms with E-state index in [0.717, 1.165) is 6.08 Å². The summed E-state index contributed by atoms with van der Waals surface area (Å²) in [5, 5.41) is 6.38. The van der Waals surface area contributed by atoms with Crippen LogP contribution in [0.2, 0.25) is 0 Å². The lowest BCUT2D eigenvalue weighted by Gasteiger charge is -2.12. The lowest BCUT2D eigenvalue weighted by atomic mass is 10.0. The summed E-state index contributed by atoms with van der Waals surface area (Å²) in [5.41, 5.74) is 1.98. The Kier molecular flexibility index (Phi) is 6.25. The Morgan fingerprint density at radius 2 is 1.97 bits per heavy atom. The van der Waals surface area contributed by atoms with Gasteiger partial charge in [-0.2, -0.15) is 0 Å². The molecule has 9 nitrogen and oxygen atoms in total. The fraction of sp³-hybridized carbons (Fsp3) is 0.158. The molecule has 0 aliphatic rings. The van der Waals surface area contributed by atoms with Crippen LogP contribution in [0.4, 0.5) is 10.9 Å². The first-order valence-corrected chi connectivity index (χ1v) is 9.33. The number of anilines is 2. The van der Waals surface area contributed by atoms with Crippen LogP contribution >= 0.6 is 11.3 Å². The van der Waals surface area contributed by atoms with Crippen LogP contribution in [0.15, 0.2) is 49.7 Å². The van der Waals surface area contributed by atoms with Gasteiger partial charge in [-0.05, 0) is 24.6 Å². The van der Waals surface area contributed by atoms with Crippen molar-refractivity contribution in [1.82, 2.24) is 19.9 Å². The molecule has 0 fully saturated rings. The molecule has 0 aromatic carbocycles. The molecule has 0 aliphatic carbocycles. The summed E-state index contributed by atoms with van der Waals surface area (Å²) in [4.78, 5) is 40.6. The fourth-order valence-electron chi connectivity index (χ4n) is 2.33. The summed E-state index contributed by atoms with van der Waals surface area (Å²) >= 11 is 1.25. The van der Waals surface area contributed by atoms with E-state index in [1.54, 1.807) is 32.6 Å². The Morgan fingerprint density at radius 1 is 1.14 bits per heavy atom. The van der Waals surface area contributed by atoms with Crippen LogP contribution in [0.25, 0.3) is 11.3 Å². The molecule has 0 aliphatic heterocycles. The standard InChI is InChI=1S/C19H18N6O3S/c1-4-16(26)24-15-9-21-14(8-22-15)13-5-12(6-20-7-13)11(2)18(27)25-19-23-10-17(28-3)29-19/h4-11H,1H2,2-3H3,(H,22,24,26)(H,23,25,27). The van der Waals surface area contributed by atoms with E-state index in [0.29, 0.717) is 32.8 Å². The van der Waals surface area contributed by atoms with Gasteiger partial charge in [-0.1, -0.05) is 17.9 Å². The molecule has 148 valence electrons. The van der Waals surface area contributed by atoms with Gasteiger partial charge >= 0.3 is 0 Å². The summed E-state index contributed by atoms with van der Waals surface area (Å²) in [6.07, 6.45) is 8.92. The maximum absolute atomic E-state index is 12.5. The van der Waals surface area contributed by atoms with Crippen LogP contribution < -0.4 is 15.4 Å². The normalized spacial score (nSPS) is 11.4. The zero-order chi connectivity index (χ0) is 20.8. The van der Waals surface area contributed by atoms with Gasteiger partial charge < -0.3 is 15.4 Å². The van der Waals surface area contributed by atoms with Gasteiger partial charge in [-0.3, -0.25) is 19.6 Å². The number of ether oxygens (including phenoxy) is 1. The third kappa shape index (κ3) is 4.99. The van der Waals surface area contributed by atoms with Crippen molar-refractivity contribution in [2.45, 2.75) is 12.8 Å². The van der Waals surface area contributed by atoms with Crippen molar-refractivity contribution in [2.24, 2.45) is 0 Å². The highest BCUT2D eigenvalue weighted by Gasteiger charge is 2.18. The molecule has 29 heavy (non-hydrogen) atoms. The number of pyridine rings is 1. The largest absolute Gasteiger partial charge is 0.486 e. The number of methoxy groups -OCH3 is 1. The predicted octanol–water partition coefficient (Wildman–Crippen LogP) is 2.87. The van der Waals surface area contributed by atoms with Gasteiger partial charge in [-0.25, -0.2) is 9.97 Å². The Balaban J connectivity index is 1.73. The van der Waals surface area contributed by atoms with E-state index in [9.17, 15) is 9.59 Å². The van der Waals surface area contributed by atoms with Gasteiger partial charge in [-0.15, -0.1) is 0 Å². The van der Waals surface area contributed by atoms with Crippen molar-refractivity contribution in [3.05, 3.63) is 55.3 Å². The van der Waals surface area contributed by atoms with Crippen LogP contribution in [0.5, 0.6) is 5.06 Å². The highest BCUT2D eigenvalue weighted by molar-refractivity contribution is 7.17. The van der Waals surface area contributed by atoms with E-state index >= 15 is 0 Å². The van der Waals surface area contributed by atoms with Gasteiger partial charge in [0.05, 0.1) is 37.3 Å². The molecule has 0 spiro atoms. The Bertz CT molecular complexity index is 1030. The quantitative estimate of drug-likeness (QED) is 0.575. The topological polar surface area (TPSA) is 119 Å². The molecule has 3 aromatic heterocycles. The monoisotopic (exact) mass is 410 g/mol. The van der Waals surface area contributed by atoms with Gasteiger partial charge in [0.2, 0.25) is 11.8 Å². The van der Waals surface area contributed by atoms with Crippen molar-refractivity contribution < 1.29 is 14.3 Å². The first-order chi connectivity index (χ1) is 14.0. The molecule has 1 unspecified atom stereocenters. The number of nitrogens with zero attached hydrogens (tertiary/aromatic N) is 4. The maximum Gasteiger partial charge on any atom is 0.248 e. The number of hydrogen-bond donors (Lipinski definition) is 2. The van der Waals surface area contributed by atoms with E-state index < -0.39 is 5.92 Å². The molecule has 3 aromatic rings. The minimum absolute atomic E-state index is 0.213. The zero-order valence-corrected chi connectivity index (χ0v) is 16.6. The van der Waals surface area contributed by atoms with E-state index in [1.807, 2.05) is 6.07 Å². The van der Waals surface area contributed by atoms with Crippen molar-refractivity contribution in [2.75, 3.05) is 17.7 Å². The molecule has 3 heterocycles. The number of carbonyl (C=O) groups is 2. The van der Waals surface area contributed by atoms with Crippen molar-refractivity contribution in [3.63, 3.8) is 0 Å². The van der Waals surface area contributed by atoms with Crippen molar-refractivity contribution in [3.8, 4) is 16.3 Å². The lowest BCUT2D eigenvalue weighted by molar-refractivity contribution is -0.117. The number of thiazole rings is 1.